The van der Waals surface area contributed by atoms with Crippen molar-refractivity contribution in [2.24, 2.45) is 0 Å². The molecule has 0 rings (SSSR count). The zero-order valence-corrected chi connectivity index (χ0v) is 47.8. The Kier molecular flexibility index (Phi) is 58.2. The van der Waals surface area contributed by atoms with Crippen molar-refractivity contribution in [2.45, 2.75) is 348 Å². The molecule has 6 heteroatoms. The van der Waals surface area contributed by atoms with Gasteiger partial charge in [-0.2, -0.15) is 0 Å². The second-order valence-electron chi connectivity index (χ2n) is 21.3. The maximum atomic E-state index is 12.9. The van der Waals surface area contributed by atoms with Gasteiger partial charge in [0.2, 0.25) is 0 Å². The van der Waals surface area contributed by atoms with Crippen LogP contribution >= 0.6 is 0 Å². The van der Waals surface area contributed by atoms with Crippen LogP contribution in [0.2, 0.25) is 0 Å². The van der Waals surface area contributed by atoms with Gasteiger partial charge in [0.15, 0.2) is 6.10 Å². The van der Waals surface area contributed by atoms with E-state index in [1.165, 1.54) is 225 Å². The highest BCUT2D eigenvalue weighted by Gasteiger charge is 2.19. The zero-order valence-electron chi connectivity index (χ0n) is 47.8. The number of allylic oxidation sites excluding steroid dienone is 6. The second-order valence-corrected chi connectivity index (χ2v) is 21.3. The lowest BCUT2D eigenvalue weighted by atomic mass is 10.0. The maximum absolute atomic E-state index is 12.9. The number of carbonyl (C=O) groups excluding carboxylic acids is 3. The van der Waals surface area contributed by atoms with Gasteiger partial charge in [0.25, 0.3) is 0 Å². The quantitative estimate of drug-likeness (QED) is 0.0261. The van der Waals surface area contributed by atoms with Crippen LogP contribution < -0.4 is 0 Å². The van der Waals surface area contributed by atoms with Crippen molar-refractivity contribution in [3.8, 4) is 0 Å². The number of unbranched alkanes of at least 4 members (excludes halogenated alkanes) is 41. The fraction of sp³-hybridized carbons (Fsp3) is 0.862. The standard InChI is InChI=1S/C65H120O6/c1-4-7-10-13-16-19-22-24-26-28-30-31-32-33-34-35-37-38-40-43-46-49-52-55-58-64(67)70-61-62(60-69-63(66)57-54-51-48-45-42-21-18-15-12-9-6-3)71-65(68)59-56-53-50-47-44-41-39-36-29-27-25-23-20-17-14-11-8-5-2/h15,18,20,23,27,29,62H,4-14,16-17,19,21-22,24-26,28,30-61H2,1-3H3/b18-15-,23-20-,29-27-. The van der Waals surface area contributed by atoms with E-state index >= 15 is 0 Å². The molecule has 0 aliphatic carbocycles. The monoisotopic (exact) mass is 997 g/mol. The summed E-state index contributed by atoms with van der Waals surface area (Å²) in [5, 5.41) is 0. The van der Waals surface area contributed by atoms with Crippen LogP contribution in [0.4, 0.5) is 0 Å². The number of esters is 3. The highest BCUT2D eigenvalue weighted by atomic mass is 16.6. The molecule has 0 heterocycles. The molecule has 1 atom stereocenters. The Morgan fingerprint density at radius 2 is 0.521 bits per heavy atom. The normalized spacial score (nSPS) is 12.2. The van der Waals surface area contributed by atoms with Crippen LogP contribution in [0.15, 0.2) is 36.5 Å². The molecule has 0 radical (unpaired) electrons. The lowest BCUT2D eigenvalue weighted by Gasteiger charge is -2.18. The van der Waals surface area contributed by atoms with Crippen molar-refractivity contribution in [1.29, 1.82) is 0 Å². The molecule has 0 aromatic rings. The van der Waals surface area contributed by atoms with E-state index in [0.29, 0.717) is 19.3 Å². The topological polar surface area (TPSA) is 78.9 Å². The average Bonchev–Trinajstić information content (AvgIpc) is 3.37. The largest absolute Gasteiger partial charge is 0.462 e. The van der Waals surface area contributed by atoms with E-state index in [4.69, 9.17) is 14.2 Å². The molecule has 0 fully saturated rings. The van der Waals surface area contributed by atoms with Gasteiger partial charge in [0, 0.05) is 19.3 Å². The molecule has 0 aromatic carbocycles. The lowest BCUT2D eigenvalue weighted by Crippen LogP contribution is -2.30. The summed E-state index contributed by atoms with van der Waals surface area (Å²) in [5.41, 5.74) is 0. The van der Waals surface area contributed by atoms with Crippen LogP contribution in [0.1, 0.15) is 342 Å². The van der Waals surface area contributed by atoms with Crippen LogP contribution in [0, 0.1) is 0 Å². The Labute approximate surface area is 442 Å². The minimum Gasteiger partial charge on any atom is -0.462 e. The molecule has 0 aromatic heterocycles. The SMILES string of the molecule is CCCC/C=C\CCCCCCCC(=O)OCC(COC(=O)CCCCCCCCCCCCCCCCCCCCCCCCCC)OC(=O)CCCCCCCCC/C=C\C/C=C\CCCCCC. The molecule has 0 spiro atoms. The fourth-order valence-electron chi connectivity index (χ4n) is 9.34. The van der Waals surface area contributed by atoms with Crippen molar-refractivity contribution in [3.63, 3.8) is 0 Å². The summed E-state index contributed by atoms with van der Waals surface area (Å²) in [6, 6.07) is 0. The first-order valence-electron chi connectivity index (χ1n) is 31.5. The molecule has 0 bridgehead atoms. The Morgan fingerprint density at radius 3 is 0.845 bits per heavy atom. The van der Waals surface area contributed by atoms with Crippen molar-refractivity contribution >= 4 is 17.9 Å². The lowest BCUT2D eigenvalue weighted by molar-refractivity contribution is -0.167. The van der Waals surface area contributed by atoms with Crippen molar-refractivity contribution in [3.05, 3.63) is 36.5 Å². The smallest absolute Gasteiger partial charge is 0.306 e. The molecule has 0 amide bonds. The molecule has 1 unspecified atom stereocenters. The molecule has 0 N–H and O–H groups in total. The Hall–Kier alpha value is -2.37. The van der Waals surface area contributed by atoms with Gasteiger partial charge < -0.3 is 14.2 Å². The molecule has 0 aliphatic rings. The first-order valence-corrected chi connectivity index (χ1v) is 31.5. The number of rotatable bonds is 58. The van der Waals surface area contributed by atoms with Crippen molar-refractivity contribution in [2.75, 3.05) is 13.2 Å². The van der Waals surface area contributed by atoms with Gasteiger partial charge >= 0.3 is 17.9 Å². The van der Waals surface area contributed by atoms with E-state index < -0.39 is 6.10 Å². The number of hydrogen-bond acceptors (Lipinski definition) is 6. The summed E-state index contributed by atoms with van der Waals surface area (Å²) in [7, 11) is 0. The highest BCUT2D eigenvalue weighted by molar-refractivity contribution is 5.71. The summed E-state index contributed by atoms with van der Waals surface area (Å²) in [6.45, 7) is 6.62. The van der Waals surface area contributed by atoms with Gasteiger partial charge in [-0.05, 0) is 70.6 Å². The summed E-state index contributed by atoms with van der Waals surface area (Å²) >= 11 is 0. The third-order valence-corrected chi connectivity index (χ3v) is 14.1. The molecule has 71 heavy (non-hydrogen) atoms. The van der Waals surface area contributed by atoms with Gasteiger partial charge in [-0.1, -0.05) is 288 Å². The summed E-state index contributed by atoms with van der Waals surface area (Å²) in [6.07, 6.45) is 73.0. The predicted octanol–water partition coefficient (Wildman–Crippen LogP) is 21.2. The van der Waals surface area contributed by atoms with Gasteiger partial charge in [0.05, 0.1) is 0 Å². The fourth-order valence-corrected chi connectivity index (χ4v) is 9.34. The molecular formula is C65H120O6. The third-order valence-electron chi connectivity index (χ3n) is 14.1. The minimum atomic E-state index is -0.777. The molecule has 0 aliphatic heterocycles. The summed E-state index contributed by atoms with van der Waals surface area (Å²) in [5.74, 6) is -0.872. The van der Waals surface area contributed by atoms with E-state index in [1.807, 2.05) is 0 Å². The van der Waals surface area contributed by atoms with Gasteiger partial charge in [-0.15, -0.1) is 0 Å². The van der Waals surface area contributed by atoms with Gasteiger partial charge in [-0.3, -0.25) is 14.4 Å². The van der Waals surface area contributed by atoms with E-state index in [2.05, 4.69) is 57.2 Å². The van der Waals surface area contributed by atoms with Crippen LogP contribution in [-0.4, -0.2) is 37.2 Å². The average molecular weight is 998 g/mol. The third kappa shape index (κ3) is 58.4. The van der Waals surface area contributed by atoms with Gasteiger partial charge in [0.1, 0.15) is 13.2 Å². The van der Waals surface area contributed by atoms with Crippen LogP contribution in [-0.2, 0) is 28.6 Å². The molecule has 6 nitrogen and oxygen atoms in total. The summed E-state index contributed by atoms with van der Waals surface area (Å²) in [4.78, 5) is 38.2. The van der Waals surface area contributed by atoms with E-state index in [-0.39, 0.29) is 31.1 Å². The Bertz CT molecular complexity index is 1190. The number of carbonyl (C=O) groups is 3. The maximum Gasteiger partial charge on any atom is 0.306 e. The van der Waals surface area contributed by atoms with Crippen molar-refractivity contribution in [1.82, 2.24) is 0 Å². The zero-order chi connectivity index (χ0) is 51.4. The van der Waals surface area contributed by atoms with Crippen LogP contribution in [0.5, 0.6) is 0 Å². The Morgan fingerprint density at radius 1 is 0.282 bits per heavy atom. The number of hydrogen-bond donors (Lipinski definition) is 0. The van der Waals surface area contributed by atoms with E-state index in [0.717, 1.165) is 77.0 Å². The van der Waals surface area contributed by atoms with Crippen molar-refractivity contribution < 1.29 is 28.6 Å². The first kappa shape index (κ1) is 68.6. The van der Waals surface area contributed by atoms with Gasteiger partial charge in [-0.25, -0.2) is 0 Å². The molecule has 0 saturated carbocycles. The molecule has 0 saturated heterocycles. The van der Waals surface area contributed by atoms with E-state index in [1.54, 1.807) is 0 Å². The van der Waals surface area contributed by atoms with E-state index in [9.17, 15) is 14.4 Å². The molecule has 416 valence electrons. The van der Waals surface area contributed by atoms with Crippen LogP contribution in [0.3, 0.4) is 0 Å². The number of ether oxygens (including phenoxy) is 3. The second kappa shape index (κ2) is 60.2. The Balaban J connectivity index is 4.22. The summed E-state index contributed by atoms with van der Waals surface area (Å²) < 4.78 is 16.9. The molecular weight excluding hydrogens is 877 g/mol. The first-order chi connectivity index (χ1) is 35.0. The van der Waals surface area contributed by atoms with Crippen LogP contribution in [0.25, 0.3) is 0 Å². The minimum absolute atomic E-state index is 0.0742. The highest BCUT2D eigenvalue weighted by Crippen LogP contribution is 2.17. The predicted molar refractivity (Wildman–Crippen MR) is 307 cm³/mol.